The van der Waals surface area contributed by atoms with E-state index < -0.39 is 11.0 Å². The van der Waals surface area contributed by atoms with Gasteiger partial charge in [-0.3, -0.25) is 9.59 Å². The van der Waals surface area contributed by atoms with Gasteiger partial charge in [0.05, 0.1) is 15.6 Å². The van der Waals surface area contributed by atoms with Gasteiger partial charge in [0.15, 0.2) is 0 Å². The van der Waals surface area contributed by atoms with E-state index >= 15 is 4.79 Å². The molecule has 222 valence electrons. The highest BCUT2D eigenvalue weighted by atomic mass is 35.5. The molecule has 7 heteroatoms. The first kappa shape index (κ1) is 30.6. The summed E-state index contributed by atoms with van der Waals surface area (Å²) in [5, 5.41) is 4.44. The number of amides is 2. The van der Waals surface area contributed by atoms with Crippen molar-refractivity contribution in [1.82, 2.24) is 15.1 Å². The van der Waals surface area contributed by atoms with E-state index in [0.717, 1.165) is 50.8 Å². The van der Waals surface area contributed by atoms with Crippen molar-refractivity contribution in [2.75, 3.05) is 33.2 Å². The van der Waals surface area contributed by atoms with Crippen LogP contribution in [-0.4, -0.2) is 54.8 Å². The number of rotatable bonds is 8. The summed E-state index contributed by atoms with van der Waals surface area (Å²) in [6, 6.07) is 25.6. The molecule has 2 fully saturated rings. The highest BCUT2D eigenvalue weighted by Gasteiger charge is 2.51. The molecule has 0 saturated carbocycles. The smallest absolute Gasteiger partial charge is 0.253 e. The molecule has 2 heterocycles. The Bertz CT molecular complexity index is 1380. The molecule has 0 aliphatic carbocycles. The van der Waals surface area contributed by atoms with Crippen molar-refractivity contribution in [2.24, 2.45) is 5.92 Å². The van der Waals surface area contributed by atoms with Crippen LogP contribution in [-0.2, 0) is 15.7 Å². The molecule has 2 atom stereocenters. The summed E-state index contributed by atoms with van der Waals surface area (Å²) in [6.45, 7) is 4.93. The minimum absolute atomic E-state index is 0.00472. The van der Waals surface area contributed by atoms with Crippen LogP contribution in [0.3, 0.4) is 0 Å². The quantitative estimate of drug-likeness (QED) is 0.292. The first-order valence-corrected chi connectivity index (χ1v) is 15.9. The molecule has 2 aliphatic rings. The van der Waals surface area contributed by atoms with E-state index in [1.54, 1.807) is 0 Å². The van der Waals surface area contributed by atoms with E-state index in [1.807, 2.05) is 71.4 Å². The fraction of sp³-hybridized carbons (Fsp3) is 0.429. The number of hydrogen-bond acceptors (Lipinski definition) is 3. The third kappa shape index (κ3) is 5.84. The second-order valence-electron chi connectivity index (χ2n) is 11.9. The average molecular weight is 607 g/mol. The van der Waals surface area contributed by atoms with Crippen molar-refractivity contribution < 1.29 is 9.59 Å². The van der Waals surface area contributed by atoms with Gasteiger partial charge in [-0.2, -0.15) is 0 Å². The van der Waals surface area contributed by atoms with E-state index in [1.165, 1.54) is 5.56 Å². The van der Waals surface area contributed by atoms with E-state index in [9.17, 15) is 4.79 Å². The highest BCUT2D eigenvalue weighted by molar-refractivity contribution is 6.42. The molecule has 1 N–H and O–H groups in total. The summed E-state index contributed by atoms with van der Waals surface area (Å²) >= 11 is 13.0. The molecule has 0 aromatic heterocycles. The van der Waals surface area contributed by atoms with E-state index in [0.29, 0.717) is 35.1 Å². The molecule has 0 spiro atoms. The minimum atomic E-state index is -0.608. The molecule has 0 radical (unpaired) electrons. The SMILES string of the molecule is CCCC(C(=O)N(C)C1(c2ccccc2)CCNCC1)C1(c2ccc(Cl)c(Cl)c2)CCCN(C(=O)c2ccccc2)C1. The van der Waals surface area contributed by atoms with E-state index in [-0.39, 0.29) is 17.7 Å². The maximum Gasteiger partial charge on any atom is 0.253 e. The summed E-state index contributed by atoms with van der Waals surface area (Å²) in [4.78, 5) is 32.8. The van der Waals surface area contributed by atoms with Crippen LogP contribution in [0.15, 0.2) is 78.9 Å². The zero-order valence-corrected chi connectivity index (χ0v) is 26.1. The van der Waals surface area contributed by atoms with Crippen molar-refractivity contribution >= 4 is 35.0 Å². The number of nitrogens with one attached hydrogen (secondary N) is 1. The fourth-order valence-corrected chi connectivity index (χ4v) is 7.62. The van der Waals surface area contributed by atoms with Gasteiger partial charge in [-0.25, -0.2) is 0 Å². The minimum Gasteiger partial charge on any atom is -0.338 e. The Morgan fingerprint density at radius 2 is 1.57 bits per heavy atom. The van der Waals surface area contributed by atoms with Crippen molar-refractivity contribution in [3.63, 3.8) is 0 Å². The standard InChI is InChI=1S/C35H41Cl2N3O2/c1-3-11-29(33(42)39(2)35(19-21-38-22-20-35)27-14-8-5-9-15-27)34(28-16-17-30(36)31(37)24-28)18-10-23-40(25-34)32(41)26-12-6-4-7-13-26/h4-9,12-17,24,29,38H,3,10-11,18-23,25H2,1-2H3. The molecule has 2 saturated heterocycles. The number of hydrogen-bond donors (Lipinski definition) is 1. The number of benzene rings is 3. The molecule has 5 rings (SSSR count). The summed E-state index contributed by atoms with van der Waals surface area (Å²) < 4.78 is 0. The maximum atomic E-state index is 15.0. The number of nitrogens with zero attached hydrogens (tertiary/aromatic N) is 2. The van der Waals surface area contributed by atoms with Crippen molar-refractivity contribution in [3.8, 4) is 0 Å². The zero-order valence-electron chi connectivity index (χ0n) is 24.6. The van der Waals surface area contributed by atoms with Gasteiger partial charge >= 0.3 is 0 Å². The Labute approximate surface area is 260 Å². The van der Waals surface area contributed by atoms with Gasteiger partial charge in [-0.1, -0.05) is 91.1 Å². The van der Waals surface area contributed by atoms with Gasteiger partial charge in [0, 0.05) is 37.0 Å². The lowest BCUT2D eigenvalue weighted by Gasteiger charge is -2.51. The van der Waals surface area contributed by atoms with Crippen LogP contribution in [0, 0.1) is 5.92 Å². The Balaban J connectivity index is 1.60. The highest BCUT2D eigenvalue weighted by Crippen LogP contribution is 2.47. The van der Waals surface area contributed by atoms with Gasteiger partial charge in [-0.15, -0.1) is 0 Å². The molecule has 0 bridgehead atoms. The van der Waals surface area contributed by atoms with Crippen LogP contribution in [0.4, 0.5) is 0 Å². The largest absolute Gasteiger partial charge is 0.338 e. The Kier molecular flexibility index (Phi) is 9.61. The fourth-order valence-electron chi connectivity index (χ4n) is 7.32. The Morgan fingerprint density at radius 3 is 2.21 bits per heavy atom. The van der Waals surface area contributed by atoms with Crippen LogP contribution in [0.1, 0.15) is 66.9 Å². The average Bonchev–Trinajstić information content (AvgIpc) is 3.05. The Hall–Kier alpha value is -2.86. The lowest BCUT2D eigenvalue weighted by Crippen LogP contribution is -2.59. The summed E-state index contributed by atoms with van der Waals surface area (Å²) in [6.07, 6.45) is 4.82. The lowest BCUT2D eigenvalue weighted by atomic mass is 9.63. The molecule has 2 amide bonds. The predicted octanol–water partition coefficient (Wildman–Crippen LogP) is 7.32. The van der Waals surface area contributed by atoms with Gasteiger partial charge < -0.3 is 15.1 Å². The van der Waals surface area contributed by atoms with Crippen LogP contribution in [0.25, 0.3) is 0 Å². The van der Waals surface area contributed by atoms with Crippen molar-refractivity contribution in [2.45, 2.75) is 56.4 Å². The number of halogens is 2. The molecule has 2 unspecified atom stereocenters. The predicted molar refractivity (Wildman–Crippen MR) is 171 cm³/mol. The third-order valence-electron chi connectivity index (χ3n) is 9.58. The van der Waals surface area contributed by atoms with E-state index in [2.05, 4.69) is 36.5 Å². The molecule has 5 nitrogen and oxygen atoms in total. The second kappa shape index (κ2) is 13.2. The molecular formula is C35H41Cl2N3O2. The van der Waals surface area contributed by atoms with Gasteiger partial charge in [0.25, 0.3) is 5.91 Å². The lowest BCUT2D eigenvalue weighted by molar-refractivity contribution is -0.146. The van der Waals surface area contributed by atoms with Gasteiger partial charge in [0.2, 0.25) is 5.91 Å². The van der Waals surface area contributed by atoms with Crippen LogP contribution < -0.4 is 5.32 Å². The molecular weight excluding hydrogens is 565 g/mol. The third-order valence-corrected chi connectivity index (χ3v) is 10.3. The van der Waals surface area contributed by atoms with Crippen LogP contribution in [0.2, 0.25) is 10.0 Å². The monoisotopic (exact) mass is 605 g/mol. The van der Waals surface area contributed by atoms with Crippen LogP contribution in [0.5, 0.6) is 0 Å². The molecule has 3 aromatic carbocycles. The number of piperidine rings is 2. The normalized spacial score (nSPS) is 21.0. The molecule has 3 aromatic rings. The Morgan fingerprint density at radius 1 is 0.905 bits per heavy atom. The summed E-state index contributed by atoms with van der Waals surface area (Å²) in [5.41, 5.74) is 1.80. The number of carbonyl (C=O) groups excluding carboxylic acids is 2. The number of likely N-dealkylation sites (tertiary alicyclic amines) is 1. The van der Waals surface area contributed by atoms with Gasteiger partial charge in [-0.05, 0) is 80.6 Å². The summed E-state index contributed by atoms with van der Waals surface area (Å²) in [5.74, 6) is -0.218. The maximum absolute atomic E-state index is 15.0. The van der Waals surface area contributed by atoms with Crippen LogP contribution >= 0.6 is 23.2 Å². The van der Waals surface area contributed by atoms with Crippen molar-refractivity contribution in [1.29, 1.82) is 0 Å². The summed E-state index contributed by atoms with van der Waals surface area (Å²) in [7, 11) is 1.99. The second-order valence-corrected chi connectivity index (χ2v) is 12.7. The topological polar surface area (TPSA) is 52.7 Å². The first-order valence-electron chi connectivity index (χ1n) is 15.2. The van der Waals surface area contributed by atoms with E-state index in [4.69, 9.17) is 23.2 Å². The number of carbonyl (C=O) groups is 2. The molecule has 2 aliphatic heterocycles. The molecule has 42 heavy (non-hydrogen) atoms. The van der Waals surface area contributed by atoms with Crippen molar-refractivity contribution in [3.05, 3.63) is 106 Å². The van der Waals surface area contributed by atoms with Gasteiger partial charge in [0.1, 0.15) is 0 Å². The zero-order chi connectivity index (χ0) is 29.7. The first-order chi connectivity index (χ1) is 20.3.